The molecule has 0 fully saturated rings. The Kier molecular flexibility index (Phi) is 50.6. The van der Waals surface area contributed by atoms with Gasteiger partial charge in [-0.25, -0.2) is 0 Å². The third kappa shape index (κ3) is 47.5. The Labute approximate surface area is 408 Å². The Bertz CT molecular complexity index is 1260. The number of hydrogen-bond donors (Lipinski definition) is 3. The largest absolute Gasteiger partial charge is 0.462 e. The van der Waals surface area contributed by atoms with Crippen LogP contribution in [0.5, 0.6) is 0 Å². The lowest BCUT2D eigenvalue weighted by atomic mass is 10.0. The third-order valence-corrected chi connectivity index (χ3v) is 12.3. The number of amides is 1. The van der Waals surface area contributed by atoms with Gasteiger partial charge in [-0.05, 0) is 83.5 Å². The average molecular weight is 921 g/mol. The van der Waals surface area contributed by atoms with Gasteiger partial charge in [-0.1, -0.05) is 247 Å². The summed E-state index contributed by atoms with van der Waals surface area (Å²) >= 11 is 0. The van der Waals surface area contributed by atoms with E-state index in [2.05, 4.69) is 105 Å². The summed E-state index contributed by atoms with van der Waals surface area (Å²) in [5.74, 6) is -0.539. The number of aliphatic hydroxyl groups excluding tert-OH is 2. The fourth-order valence-electron chi connectivity index (χ4n) is 8.10. The van der Waals surface area contributed by atoms with Crippen LogP contribution in [0.1, 0.15) is 258 Å². The summed E-state index contributed by atoms with van der Waals surface area (Å²) in [5.41, 5.74) is 0. The van der Waals surface area contributed by atoms with Gasteiger partial charge < -0.3 is 20.3 Å². The number of aliphatic hydroxyl groups is 2. The van der Waals surface area contributed by atoms with Gasteiger partial charge in [0.25, 0.3) is 0 Å². The fourth-order valence-corrected chi connectivity index (χ4v) is 8.10. The molecule has 0 bridgehead atoms. The van der Waals surface area contributed by atoms with Gasteiger partial charge in [-0.15, -0.1) is 0 Å². The first-order valence-electron chi connectivity index (χ1n) is 27.9. The van der Waals surface area contributed by atoms with Crippen molar-refractivity contribution in [2.45, 2.75) is 277 Å². The van der Waals surface area contributed by atoms with Crippen LogP contribution in [0.4, 0.5) is 0 Å². The number of allylic oxidation sites excluding steroid dienone is 14. The van der Waals surface area contributed by atoms with Crippen LogP contribution < -0.4 is 5.32 Å². The van der Waals surface area contributed by atoms with Crippen molar-refractivity contribution in [1.82, 2.24) is 5.32 Å². The third-order valence-electron chi connectivity index (χ3n) is 12.3. The summed E-state index contributed by atoms with van der Waals surface area (Å²) in [4.78, 5) is 26.2. The van der Waals surface area contributed by atoms with Crippen LogP contribution in [-0.2, 0) is 14.3 Å². The van der Waals surface area contributed by atoms with Crippen LogP contribution in [0.15, 0.2) is 85.1 Å². The first kappa shape index (κ1) is 63.0. The molecule has 66 heavy (non-hydrogen) atoms. The van der Waals surface area contributed by atoms with Crippen LogP contribution in [0.3, 0.4) is 0 Å². The van der Waals surface area contributed by atoms with Crippen LogP contribution in [-0.4, -0.2) is 46.9 Å². The maximum atomic E-state index is 13.3. The van der Waals surface area contributed by atoms with Gasteiger partial charge in [0.05, 0.1) is 25.2 Å². The maximum Gasteiger partial charge on any atom is 0.306 e. The normalized spacial score (nSPS) is 13.8. The molecule has 0 aliphatic carbocycles. The van der Waals surface area contributed by atoms with E-state index in [4.69, 9.17) is 4.74 Å². The molecule has 6 heteroatoms. The Morgan fingerprint density at radius 3 is 1.42 bits per heavy atom. The summed E-state index contributed by atoms with van der Waals surface area (Å²) in [6, 6.07) is -0.725. The number of rotatable bonds is 49. The quantitative estimate of drug-likeness (QED) is 0.0245. The summed E-state index contributed by atoms with van der Waals surface area (Å²) in [6.45, 7) is 6.33. The molecule has 0 aromatic rings. The van der Waals surface area contributed by atoms with Crippen molar-refractivity contribution in [2.75, 3.05) is 6.61 Å². The first-order valence-corrected chi connectivity index (χ1v) is 27.9. The summed E-state index contributed by atoms with van der Waals surface area (Å²) < 4.78 is 5.92. The van der Waals surface area contributed by atoms with E-state index in [0.29, 0.717) is 19.3 Å². The predicted octanol–water partition coefficient (Wildman–Crippen LogP) is 17.1. The maximum absolute atomic E-state index is 13.3. The smallest absolute Gasteiger partial charge is 0.306 e. The molecule has 3 N–H and O–H groups in total. The lowest BCUT2D eigenvalue weighted by molar-refractivity contribution is -0.151. The van der Waals surface area contributed by atoms with E-state index >= 15 is 0 Å². The number of unbranched alkanes of at least 4 members (excludes halogenated alkanes) is 26. The van der Waals surface area contributed by atoms with Crippen molar-refractivity contribution >= 4 is 11.9 Å². The molecule has 3 unspecified atom stereocenters. The molecule has 6 nitrogen and oxygen atoms in total. The molecule has 0 saturated heterocycles. The van der Waals surface area contributed by atoms with Gasteiger partial charge in [0.2, 0.25) is 5.91 Å². The molecule has 0 aliphatic rings. The van der Waals surface area contributed by atoms with E-state index in [1.165, 1.54) is 109 Å². The molecule has 1 amide bonds. The first-order chi connectivity index (χ1) is 32.5. The molecule has 0 aromatic carbocycles. The van der Waals surface area contributed by atoms with Gasteiger partial charge in [0.15, 0.2) is 0 Å². The van der Waals surface area contributed by atoms with Crippen molar-refractivity contribution in [3.05, 3.63) is 85.1 Å². The van der Waals surface area contributed by atoms with Crippen molar-refractivity contribution in [3.63, 3.8) is 0 Å². The number of nitrogens with one attached hydrogen (secondary N) is 1. The van der Waals surface area contributed by atoms with E-state index in [-0.39, 0.29) is 24.9 Å². The molecule has 0 saturated carbocycles. The van der Waals surface area contributed by atoms with Crippen molar-refractivity contribution in [2.24, 2.45) is 0 Å². The number of hydrogen-bond acceptors (Lipinski definition) is 5. The topological polar surface area (TPSA) is 95.9 Å². The highest BCUT2D eigenvalue weighted by atomic mass is 16.5. The molecule has 0 aliphatic heterocycles. The molecular weight excluding hydrogens is 815 g/mol. The van der Waals surface area contributed by atoms with Crippen molar-refractivity contribution in [1.29, 1.82) is 0 Å². The van der Waals surface area contributed by atoms with Crippen LogP contribution in [0.25, 0.3) is 0 Å². The second-order valence-electron chi connectivity index (χ2n) is 18.7. The Morgan fingerprint density at radius 1 is 0.470 bits per heavy atom. The zero-order chi connectivity index (χ0) is 48.1. The lowest BCUT2D eigenvalue weighted by Crippen LogP contribution is -2.46. The van der Waals surface area contributed by atoms with Gasteiger partial charge >= 0.3 is 5.97 Å². The zero-order valence-corrected chi connectivity index (χ0v) is 43.3. The van der Waals surface area contributed by atoms with Crippen LogP contribution in [0.2, 0.25) is 0 Å². The van der Waals surface area contributed by atoms with Crippen LogP contribution >= 0.6 is 0 Å². The van der Waals surface area contributed by atoms with Gasteiger partial charge in [0, 0.05) is 6.42 Å². The number of carbonyl (C=O) groups is 2. The second-order valence-corrected chi connectivity index (χ2v) is 18.7. The highest BCUT2D eigenvalue weighted by molar-refractivity contribution is 5.77. The molecular formula is C60H105NO5. The van der Waals surface area contributed by atoms with E-state index in [1.54, 1.807) is 0 Å². The summed E-state index contributed by atoms with van der Waals surface area (Å²) in [7, 11) is 0. The van der Waals surface area contributed by atoms with Gasteiger partial charge in [-0.3, -0.25) is 9.59 Å². The summed E-state index contributed by atoms with van der Waals surface area (Å²) in [6.07, 6.45) is 69.3. The Morgan fingerprint density at radius 2 is 0.879 bits per heavy atom. The monoisotopic (exact) mass is 920 g/mol. The zero-order valence-electron chi connectivity index (χ0n) is 43.3. The molecule has 0 aromatic heterocycles. The minimum Gasteiger partial charge on any atom is -0.462 e. The second kappa shape index (κ2) is 53.0. The highest BCUT2D eigenvalue weighted by Gasteiger charge is 2.24. The van der Waals surface area contributed by atoms with E-state index in [9.17, 15) is 19.8 Å². The number of ether oxygens (including phenoxy) is 1. The predicted molar refractivity (Wildman–Crippen MR) is 287 cm³/mol. The molecule has 3 atom stereocenters. The van der Waals surface area contributed by atoms with Crippen molar-refractivity contribution in [3.8, 4) is 0 Å². The Balaban J connectivity index is 4.66. The number of esters is 1. The highest BCUT2D eigenvalue weighted by Crippen LogP contribution is 2.18. The fraction of sp³-hybridized carbons (Fsp3) is 0.733. The molecule has 0 radical (unpaired) electrons. The Hall–Kier alpha value is -2.96. The molecule has 0 heterocycles. The minimum atomic E-state index is -0.808. The van der Waals surface area contributed by atoms with Gasteiger partial charge in [-0.2, -0.15) is 0 Å². The lowest BCUT2D eigenvalue weighted by Gasteiger charge is -2.24. The minimum absolute atomic E-state index is 0.0389. The average Bonchev–Trinajstić information content (AvgIpc) is 3.31. The molecule has 0 spiro atoms. The van der Waals surface area contributed by atoms with Crippen LogP contribution in [0, 0.1) is 0 Å². The standard InChI is InChI=1S/C60H105NO5/c1-4-7-10-13-16-19-22-25-28-30-32-34-37-40-43-46-49-52-58(63)57(55-62)61-59(64)54-56(51-48-45-42-39-36-33-31-29-26-23-20-17-14-11-8-5-2)66-60(65)53-50-47-44-41-38-35-27-24-21-18-15-12-9-6-3/h9,12,17-18,20-21,23,26-27,29,31,33,35-36,56-58,62-63H,4-8,10-11,13-16,19,22,24-25,28,30,32,34,37-55H2,1-3H3,(H,61,64)/b12-9+,20-17+,21-18+,26-23+,31-29+,35-27+,36-33+. The summed E-state index contributed by atoms with van der Waals surface area (Å²) in [5, 5.41) is 23.9. The van der Waals surface area contributed by atoms with E-state index in [1.807, 2.05) is 6.08 Å². The van der Waals surface area contributed by atoms with E-state index < -0.39 is 18.2 Å². The van der Waals surface area contributed by atoms with Crippen molar-refractivity contribution < 1.29 is 24.5 Å². The molecule has 0 rings (SSSR count). The number of carbonyl (C=O) groups excluding carboxylic acids is 2. The molecule has 380 valence electrons. The SMILES string of the molecule is CC/C=C/C/C=C/C/C=C/CCCCCCC(=O)OC(CCCCC/C=C/C=C/C=C/C=C/CCCCC)CC(=O)NC(CO)C(O)CCCCCCCCCCCCCCCCCCC. The van der Waals surface area contributed by atoms with Gasteiger partial charge in [0.1, 0.15) is 6.10 Å². The van der Waals surface area contributed by atoms with E-state index in [0.717, 1.165) is 103 Å².